The largest absolute Gasteiger partial charge is 0.495 e. The molecule has 6 rings (SSSR count). The Morgan fingerprint density at radius 2 is 1.79 bits per heavy atom. The Morgan fingerprint density at radius 1 is 1.00 bits per heavy atom. The summed E-state index contributed by atoms with van der Waals surface area (Å²) < 4.78 is 45.6. The van der Waals surface area contributed by atoms with Crippen molar-refractivity contribution in [2.45, 2.75) is 51.0 Å². The van der Waals surface area contributed by atoms with Crippen molar-refractivity contribution in [1.29, 1.82) is 0 Å². The van der Waals surface area contributed by atoms with E-state index in [0.29, 0.717) is 29.1 Å². The van der Waals surface area contributed by atoms with E-state index in [0.717, 1.165) is 30.0 Å². The molecule has 1 amide bonds. The first-order chi connectivity index (χ1) is 19.9. The van der Waals surface area contributed by atoms with Crippen LogP contribution in [0.25, 0.3) is 21.9 Å². The van der Waals surface area contributed by atoms with Crippen LogP contribution in [0.1, 0.15) is 50.4 Å². The third-order valence-electron chi connectivity index (χ3n) is 8.35. The van der Waals surface area contributed by atoms with Crippen LogP contribution in [0, 0.1) is 10.8 Å². The second-order valence-corrected chi connectivity index (χ2v) is 14.5. The predicted molar refractivity (Wildman–Crippen MR) is 159 cm³/mol. The third kappa shape index (κ3) is 5.13. The highest BCUT2D eigenvalue weighted by atomic mass is 32.2. The molecule has 2 heterocycles. The molecule has 1 aromatic heterocycles. The number of hydrogen-bond donors (Lipinski definition) is 1. The molecule has 1 saturated carbocycles. The van der Waals surface area contributed by atoms with E-state index in [1.54, 1.807) is 16.4 Å². The number of methoxy groups -OCH3 is 1. The highest BCUT2D eigenvalue weighted by molar-refractivity contribution is 7.89. The standard InChI is InChI=1S/C32H34N2O7S/c1-31(2)15-21-16-32(3,18-31)19-34(21)42(37,38)22-9-7-8-20(12-22)30(36)40-17-29(35)33-25-14-27-24(13-28(25)39-4)23-10-5-6-11-26(23)41-27/h5-14,21H,15-19H2,1-4H3,(H,33,35). The summed E-state index contributed by atoms with van der Waals surface area (Å²) in [7, 11) is -2.32. The van der Waals surface area contributed by atoms with E-state index in [1.807, 2.05) is 24.3 Å². The summed E-state index contributed by atoms with van der Waals surface area (Å²) in [6, 6.07) is 16.8. The van der Waals surface area contributed by atoms with Crippen LogP contribution in [0.4, 0.5) is 5.69 Å². The minimum atomic E-state index is -3.82. The molecule has 1 saturated heterocycles. The maximum atomic E-state index is 13.7. The molecule has 2 atom stereocenters. The number of ether oxygens (including phenoxy) is 2. The number of rotatable bonds is 7. The van der Waals surface area contributed by atoms with Crippen molar-refractivity contribution in [1.82, 2.24) is 4.31 Å². The van der Waals surface area contributed by atoms with E-state index in [4.69, 9.17) is 13.9 Å². The normalized spacial score (nSPS) is 21.9. The molecule has 1 N–H and O–H groups in total. The second kappa shape index (κ2) is 10.1. The number of sulfonamides is 1. The van der Waals surface area contributed by atoms with Crippen LogP contribution in [-0.4, -0.2) is 50.9 Å². The van der Waals surface area contributed by atoms with Gasteiger partial charge in [0.05, 0.1) is 23.3 Å². The van der Waals surface area contributed by atoms with Crippen LogP contribution in [0.2, 0.25) is 0 Å². The number of anilines is 1. The van der Waals surface area contributed by atoms with E-state index < -0.39 is 28.5 Å². The second-order valence-electron chi connectivity index (χ2n) is 12.6. The first-order valence-electron chi connectivity index (χ1n) is 14.0. The van der Waals surface area contributed by atoms with Crippen molar-refractivity contribution in [2.75, 3.05) is 25.6 Å². The Bertz CT molecular complexity index is 1830. The van der Waals surface area contributed by atoms with Crippen LogP contribution >= 0.6 is 0 Å². The summed E-state index contributed by atoms with van der Waals surface area (Å²) in [5, 5.41) is 4.47. The maximum absolute atomic E-state index is 13.7. The van der Waals surface area contributed by atoms with Crippen molar-refractivity contribution >= 4 is 49.5 Å². The zero-order valence-electron chi connectivity index (χ0n) is 24.1. The van der Waals surface area contributed by atoms with E-state index in [9.17, 15) is 18.0 Å². The molecule has 1 aliphatic heterocycles. The van der Waals surface area contributed by atoms with Crippen molar-refractivity contribution < 1.29 is 31.9 Å². The number of nitrogens with one attached hydrogen (secondary N) is 1. The highest BCUT2D eigenvalue weighted by Gasteiger charge is 2.53. The Labute approximate surface area is 244 Å². The summed E-state index contributed by atoms with van der Waals surface area (Å²) >= 11 is 0. The lowest BCUT2D eigenvalue weighted by molar-refractivity contribution is -0.119. The van der Waals surface area contributed by atoms with Gasteiger partial charge in [-0.15, -0.1) is 0 Å². The Kier molecular flexibility index (Phi) is 6.81. The van der Waals surface area contributed by atoms with Crippen molar-refractivity contribution in [2.24, 2.45) is 10.8 Å². The first-order valence-corrected chi connectivity index (χ1v) is 15.4. The minimum Gasteiger partial charge on any atom is -0.495 e. The van der Waals surface area contributed by atoms with E-state index in [1.165, 1.54) is 31.4 Å². The van der Waals surface area contributed by atoms with E-state index in [2.05, 4.69) is 26.1 Å². The summed E-state index contributed by atoms with van der Waals surface area (Å²) in [4.78, 5) is 25.6. The average molecular weight is 591 g/mol. The number of furan rings is 1. The average Bonchev–Trinajstić information content (AvgIpc) is 3.43. The van der Waals surface area contributed by atoms with Gasteiger partial charge in [-0.25, -0.2) is 13.2 Å². The van der Waals surface area contributed by atoms with Gasteiger partial charge in [0.2, 0.25) is 10.0 Å². The minimum absolute atomic E-state index is 0.0410. The molecule has 2 unspecified atom stereocenters. The SMILES string of the molecule is COc1cc2c(cc1NC(=O)COC(=O)c1cccc(S(=O)(=O)N3CC4(C)CC3CC(C)(C)C4)c1)oc1ccccc12. The monoisotopic (exact) mass is 590 g/mol. The van der Waals surface area contributed by atoms with Gasteiger partial charge in [-0.1, -0.05) is 45.0 Å². The zero-order valence-corrected chi connectivity index (χ0v) is 24.9. The molecule has 2 bridgehead atoms. The summed E-state index contributed by atoms with van der Waals surface area (Å²) in [5.74, 6) is -0.952. The van der Waals surface area contributed by atoms with Crippen LogP contribution in [0.3, 0.4) is 0 Å². The lowest BCUT2D eigenvalue weighted by Crippen LogP contribution is -2.37. The van der Waals surface area contributed by atoms with Crippen LogP contribution in [0.5, 0.6) is 5.75 Å². The molecule has 0 spiro atoms. The fraction of sp³-hybridized carbons (Fsp3) is 0.375. The number of carbonyl (C=O) groups is 2. The smallest absolute Gasteiger partial charge is 0.338 e. The molecular weight excluding hydrogens is 556 g/mol. The van der Waals surface area contributed by atoms with Gasteiger partial charge in [0, 0.05) is 29.4 Å². The Balaban J connectivity index is 1.14. The fourth-order valence-electron chi connectivity index (χ4n) is 7.03. The first kappa shape index (κ1) is 28.2. The summed E-state index contributed by atoms with van der Waals surface area (Å²) in [5.41, 5.74) is 1.70. The lowest BCUT2D eigenvalue weighted by Gasteiger charge is -2.39. The molecule has 9 nitrogen and oxygen atoms in total. The number of fused-ring (bicyclic) bond motifs is 5. The van der Waals surface area contributed by atoms with Gasteiger partial charge in [0.15, 0.2) is 6.61 Å². The number of amides is 1. The molecule has 42 heavy (non-hydrogen) atoms. The van der Waals surface area contributed by atoms with Crippen LogP contribution < -0.4 is 10.1 Å². The van der Waals surface area contributed by atoms with Crippen molar-refractivity contribution in [3.63, 3.8) is 0 Å². The number of benzene rings is 3. The Morgan fingerprint density at radius 3 is 2.57 bits per heavy atom. The number of hydrogen-bond acceptors (Lipinski definition) is 7. The van der Waals surface area contributed by atoms with Crippen molar-refractivity contribution in [3.8, 4) is 5.75 Å². The molecule has 2 fully saturated rings. The van der Waals surface area contributed by atoms with Gasteiger partial charge in [-0.3, -0.25) is 4.79 Å². The van der Waals surface area contributed by atoms with E-state index >= 15 is 0 Å². The molecular formula is C32H34N2O7S. The van der Waals surface area contributed by atoms with Gasteiger partial charge < -0.3 is 19.2 Å². The van der Waals surface area contributed by atoms with Gasteiger partial charge >= 0.3 is 5.97 Å². The van der Waals surface area contributed by atoms with Crippen LogP contribution in [0.15, 0.2) is 70.0 Å². The Hall–Kier alpha value is -3.89. The molecule has 4 aromatic rings. The maximum Gasteiger partial charge on any atom is 0.338 e. The summed E-state index contributed by atoms with van der Waals surface area (Å²) in [6.07, 6.45) is 2.60. The zero-order chi connectivity index (χ0) is 29.9. The van der Waals surface area contributed by atoms with Gasteiger partial charge in [0.1, 0.15) is 16.9 Å². The molecule has 10 heteroatoms. The number of esters is 1. The molecule has 2 aliphatic rings. The number of carbonyl (C=O) groups excluding carboxylic acids is 2. The fourth-order valence-corrected chi connectivity index (χ4v) is 8.85. The molecule has 0 radical (unpaired) electrons. The number of para-hydroxylation sites is 1. The van der Waals surface area contributed by atoms with Crippen molar-refractivity contribution in [3.05, 3.63) is 66.2 Å². The van der Waals surface area contributed by atoms with Gasteiger partial charge in [-0.2, -0.15) is 4.31 Å². The van der Waals surface area contributed by atoms with Crippen LogP contribution in [-0.2, 0) is 19.6 Å². The number of nitrogens with zero attached hydrogens (tertiary/aromatic N) is 1. The molecule has 220 valence electrons. The van der Waals surface area contributed by atoms with E-state index in [-0.39, 0.29) is 27.3 Å². The topological polar surface area (TPSA) is 115 Å². The third-order valence-corrected chi connectivity index (χ3v) is 10.2. The highest BCUT2D eigenvalue weighted by Crippen LogP contribution is 2.53. The summed E-state index contributed by atoms with van der Waals surface area (Å²) in [6.45, 7) is 6.42. The van der Waals surface area contributed by atoms with Gasteiger partial charge in [0.25, 0.3) is 5.91 Å². The lowest BCUT2D eigenvalue weighted by atomic mass is 9.65. The predicted octanol–water partition coefficient (Wildman–Crippen LogP) is 5.98. The molecule has 3 aromatic carbocycles. The van der Waals surface area contributed by atoms with Gasteiger partial charge in [-0.05, 0) is 60.4 Å². The quantitative estimate of drug-likeness (QED) is 0.263. The molecule has 1 aliphatic carbocycles.